The largest absolute Gasteiger partial charge is 0.379 e. The second kappa shape index (κ2) is 6.34. The summed E-state index contributed by atoms with van der Waals surface area (Å²) in [6, 6.07) is 4.07. The van der Waals surface area contributed by atoms with E-state index in [2.05, 4.69) is 24.1 Å². The molecule has 1 rings (SSSR count). The lowest BCUT2D eigenvalue weighted by molar-refractivity contribution is 0.0117. The summed E-state index contributed by atoms with van der Waals surface area (Å²) in [5, 5.41) is 3.94. The van der Waals surface area contributed by atoms with Crippen molar-refractivity contribution in [3.8, 4) is 0 Å². The molecule has 0 fully saturated rings. The van der Waals surface area contributed by atoms with Crippen molar-refractivity contribution in [1.82, 2.24) is 10.3 Å². The molecule has 17 heavy (non-hydrogen) atoms. The van der Waals surface area contributed by atoms with Gasteiger partial charge in [-0.05, 0) is 45.9 Å². The van der Waals surface area contributed by atoms with E-state index in [-0.39, 0.29) is 11.6 Å². The van der Waals surface area contributed by atoms with E-state index < -0.39 is 0 Å². The zero-order valence-electron chi connectivity index (χ0n) is 11.0. The van der Waals surface area contributed by atoms with E-state index in [1.54, 1.807) is 13.3 Å². The predicted molar refractivity (Wildman–Crippen MR) is 71.4 cm³/mol. The average Bonchev–Trinajstić information content (AvgIpc) is 2.32. The number of nitrogens with zero attached hydrogens (tertiary/aromatic N) is 1. The van der Waals surface area contributed by atoms with Crippen molar-refractivity contribution in [2.75, 3.05) is 14.2 Å². The standard InChI is InChI=1S/C13H21ClN2O/c1-13(2,17-4)8-7-11(15-3)12-6-5-10(14)9-16-12/h5-6,9,11,15H,7-8H2,1-4H3. The molecule has 1 aromatic heterocycles. The molecule has 0 amide bonds. The first kappa shape index (κ1) is 14.4. The monoisotopic (exact) mass is 256 g/mol. The van der Waals surface area contributed by atoms with Crippen LogP contribution in [-0.2, 0) is 4.74 Å². The van der Waals surface area contributed by atoms with Gasteiger partial charge in [0, 0.05) is 19.3 Å². The molecule has 0 aliphatic rings. The summed E-state index contributed by atoms with van der Waals surface area (Å²) < 4.78 is 5.42. The molecular weight excluding hydrogens is 236 g/mol. The Morgan fingerprint density at radius 3 is 2.65 bits per heavy atom. The van der Waals surface area contributed by atoms with E-state index in [4.69, 9.17) is 16.3 Å². The van der Waals surface area contributed by atoms with E-state index in [1.165, 1.54) is 0 Å². The van der Waals surface area contributed by atoms with Crippen LogP contribution in [-0.4, -0.2) is 24.7 Å². The summed E-state index contributed by atoms with van der Waals surface area (Å²) >= 11 is 5.83. The molecule has 1 unspecified atom stereocenters. The van der Waals surface area contributed by atoms with E-state index in [0.717, 1.165) is 18.5 Å². The van der Waals surface area contributed by atoms with Crippen LogP contribution in [0.5, 0.6) is 0 Å². The molecule has 0 bridgehead atoms. The Hall–Kier alpha value is -0.640. The number of rotatable bonds is 6. The van der Waals surface area contributed by atoms with Gasteiger partial charge < -0.3 is 10.1 Å². The number of hydrogen-bond acceptors (Lipinski definition) is 3. The van der Waals surface area contributed by atoms with Gasteiger partial charge in [-0.1, -0.05) is 11.6 Å². The van der Waals surface area contributed by atoms with Gasteiger partial charge in [-0.25, -0.2) is 0 Å². The normalized spacial score (nSPS) is 13.7. The zero-order chi connectivity index (χ0) is 12.9. The minimum atomic E-state index is -0.0957. The van der Waals surface area contributed by atoms with Crippen molar-refractivity contribution in [2.45, 2.75) is 38.3 Å². The summed E-state index contributed by atoms with van der Waals surface area (Å²) in [7, 11) is 3.69. The van der Waals surface area contributed by atoms with Crippen LogP contribution in [0.3, 0.4) is 0 Å². The first-order valence-electron chi connectivity index (χ1n) is 5.82. The van der Waals surface area contributed by atoms with Crippen LogP contribution in [0, 0.1) is 0 Å². The average molecular weight is 257 g/mol. The lowest BCUT2D eigenvalue weighted by Crippen LogP contribution is -2.26. The van der Waals surface area contributed by atoms with E-state index in [1.807, 2.05) is 19.2 Å². The minimum absolute atomic E-state index is 0.0957. The molecule has 3 nitrogen and oxygen atoms in total. The van der Waals surface area contributed by atoms with E-state index in [9.17, 15) is 0 Å². The highest BCUT2D eigenvalue weighted by Gasteiger charge is 2.19. The van der Waals surface area contributed by atoms with Crippen molar-refractivity contribution < 1.29 is 4.74 Å². The van der Waals surface area contributed by atoms with Gasteiger partial charge in [-0.2, -0.15) is 0 Å². The Labute approximate surface area is 109 Å². The molecule has 0 aliphatic heterocycles. The molecule has 1 N–H and O–H groups in total. The molecule has 1 heterocycles. The fourth-order valence-electron chi connectivity index (χ4n) is 1.63. The first-order valence-corrected chi connectivity index (χ1v) is 6.20. The van der Waals surface area contributed by atoms with Gasteiger partial charge in [0.25, 0.3) is 0 Å². The SMILES string of the molecule is CNC(CCC(C)(C)OC)c1ccc(Cl)cn1. The molecule has 1 atom stereocenters. The lowest BCUT2D eigenvalue weighted by atomic mass is 9.97. The molecule has 0 spiro atoms. The topological polar surface area (TPSA) is 34.1 Å². The number of ether oxygens (including phenoxy) is 1. The van der Waals surface area contributed by atoms with Crippen molar-refractivity contribution in [2.24, 2.45) is 0 Å². The molecule has 96 valence electrons. The third kappa shape index (κ3) is 4.62. The van der Waals surface area contributed by atoms with Crippen LogP contribution >= 0.6 is 11.6 Å². The lowest BCUT2D eigenvalue weighted by Gasteiger charge is -2.25. The molecule has 4 heteroatoms. The molecule has 1 aromatic rings. The van der Waals surface area contributed by atoms with Crippen LogP contribution in [0.1, 0.15) is 38.4 Å². The quantitative estimate of drug-likeness (QED) is 0.849. The molecule has 0 saturated heterocycles. The maximum Gasteiger partial charge on any atom is 0.0623 e. The number of methoxy groups -OCH3 is 1. The Morgan fingerprint density at radius 2 is 2.18 bits per heavy atom. The van der Waals surface area contributed by atoms with Crippen molar-refractivity contribution >= 4 is 11.6 Å². The second-order valence-electron chi connectivity index (χ2n) is 4.75. The molecule has 0 radical (unpaired) electrons. The van der Waals surface area contributed by atoms with Gasteiger partial charge >= 0.3 is 0 Å². The van der Waals surface area contributed by atoms with Crippen molar-refractivity contribution in [1.29, 1.82) is 0 Å². The number of hydrogen-bond donors (Lipinski definition) is 1. The number of nitrogens with one attached hydrogen (secondary N) is 1. The summed E-state index contributed by atoms with van der Waals surface area (Å²) in [5.41, 5.74) is 0.922. The van der Waals surface area contributed by atoms with Crippen LogP contribution in [0.25, 0.3) is 0 Å². The Bertz CT molecular complexity index is 338. The highest BCUT2D eigenvalue weighted by Crippen LogP contribution is 2.23. The van der Waals surface area contributed by atoms with Gasteiger partial charge in [0.2, 0.25) is 0 Å². The minimum Gasteiger partial charge on any atom is -0.379 e. The summed E-state index contributed by atoms with van der Waals surface area (Å²) in [4.78, 5) is 4.34. The fourth-order valence-corrected chi connectivity index (χ4v) is 1.74. The van der Waals surface area contributed by atoms with Crippen molar-refractivity contribution in [3.63, 3.8) is 0 Å². The van der Waals surface area contributed by atoms with Crippen molar-refractivity contribution in [3.05, 3.63) is 29.0 Å². The number of halogens is 1. The highest BCUT2D eigenvalue weighted by atomic mass is 35.5. The third-order valence-corrected chi connectivity index (χ3v) is 3.27. The Balaban J connectivity index is 2.63. The maximum atomic E-state index is 5.83. The first-order chi connectivity index (χ1) is 7.98. The zero-order valence-corrected chi connectivity index (χ0v) is 11.7. The van der Waals surface area contributed by atoms with Gasteiger partial charge in [0.15, 0.2) is 0 Å². The highest BCUT2D eigenvalue weighted by molar-refractivity contribution is 6.30. The molecule has 0 saturated carbocycles. The molecule has 0 aromatic carbocycles. The van der Waals surface area contributed by atoms with E-state index >= 15 is 0 Å². The summed E-state index contributed by atoms with van der Waals surface area (Å²) in [5.74, 6) is 0. The van der Waals surface area contributed by atoms with Gasteiger partial charge in [-0.3, -0.25) is 4.98 Å². The fraction of sp³-hybridized carbons (Fsp3) is 0.615. The van der Waals surface area contributed by atoms with Crippen LogP contribution < -0.4 is 5.32 Å². The van der Waals surface area contributed by atoms with Gasteiger partial charge in [0.05, 0.1) is 16.3 Å². The van der Waals surface area contributed by atoms with Crippen LogP contribution in [0.15, 0.2) is 18.3 Å². The number of pyridine rings is 1. The smallest absolute Gasteiger partial charge is 0.0623 e. The Kier molecular flexibility index (Phi) is 5.37. The summed E-state index contributed by atoms with van der Waals surface area (Å²) in [6.07, 6.45) is 3.63. The second-order valence-corrected chi connectivity index (χ2v) is 5.18. The maximum absolute atomic E-state index is 5.83. The van der Waals surface area contributed by atoms with Crippen LogP contribution in [0.2, 0.25) is 5.02 Å². The third-order valence-electron chi connectivity index (χ3n) is 3.04. The van der Waals surface area contributed by atoms with E-state index in [0.29, 0.717) is 5.02 Å². The predicted octanol–water partition coefficient (Wildman–Crippen LogP) is 3.20. The van der Waals surface area contributed by atoms with Crippen LogP contribution in [0.4, 0.5) is 0 Å². The molecular formula is C13H21ClN2O. The number of aromatic nitrogens is 1. The van der Waals surface area contributed by atoms with Gasteiger partial charge in [-0.15, -0.1) is 0 Å². The molecule has 0 aliphatic carbocycles. The summed E-state index contributed by atoms with van der Waals surface area (Å²) in [6.45, 7) is 4.18. The Morgan fingerprint density at radius 1 is 1.47 bits per heavy atom. The van der Waals surface area contributed by atoms with Gasteiger partial charge in [0.1, 0.15) is 0 Å².